The molecule has 0 radical (unpaired) electrons. The van der Waals surface area contributed by atoms with E-state index in [1.54, 1.807) is 18.2 Å². The fraction of sp³-hybridized carbons (Fsp3) is 0.0870. The van der Waals surface area contributed by atoms with Gasteiger partial charge in [0.05, 0.1) is 21.7 Å². The number of aryl methyl sites for hydroxylation is 1. The zero-order chi connectivity index (χ0) is 22.5. The van der Waals surface area contributed by atoms with Crippen molar-refractivity contribution in [3.05, 3.63) is 78.1 Å². The largest absolute Gasteiger partial charge is 0.323 e. The third-order valence-electron chi connectivity index (χ3n) is 4.41. The first-order chi connectivity index (χ1) is 15.5. The number of nitrogens with one attached hydrogen (secondary N) is 3. The van der Waals surface area contributed by atoms with Gasteiger partial charge in [0.25, 0.3) is 0 Å². The van der Waals surface area contributed by atoms with Crippen molar-refractivity contribution >= 4 is 62.3 Å². The topological polar surface area (TPSA) is 83.1 Å². The van der Waals surface area contributed by atoms with Crippen molar-refractivity contribution < 1.29 is 14.0 Å². The number of rotatable bonds is 6. The van der Waals surface area contributed by atoms with E-state index < -0.39 is 5.82 Å². The van der Waals surface area contributed by atoms with Crippen molar-refractivity contribution in [2.45, 2.75) is 11.3 Å². The number of nitrogens with zero attached hydrogens (tertiary/aromatic N) is 1. The Morgan fingerprint density at radius 2 is 1.69 bits per heavy atom. The number of hydrogen-bond donors (Lipinski definition) is 3. The molecule has 1 aromatic heterocycles. The molecule has 0 aliphatic rings. The minimum Gasteiger partial charge on any atom is -0.323 e. The summed E-state index contributed by atoms with van der Waals surface area (Å²) in [4.78, 5) is 28.9. The van der Waals surface area contributed by atoms with Crippen molar-refractivity contribution in [2.75, 3.05) is 21.7 Å². The summed E-state index contributed by atoms with van der Waals surface area (Å²) in [5, 5.41) is 8.16. The van der Waals surface area contributed by atoms with Crippen LogP contribution in [0, 0.1) is 12.7 Å². The molecular formula is C23H19FN4O2S2. The molecule has 0 atom stereocenters. The Morgan fingerprint density at radius 1 is 0.969 bits per heavy atom. The first-order valence-electron chi connectivity index (χ1n) is 9.69. The second kappa shape index (κ2) is 9.80. The van der Waals surface area contributed by atoms with Crippen molar-refractivity contribution in [3.8, 4) is 0 Å². The van der Waals surface area contributed by atoms with E-state index in [1.165, 1.54) is 35.2 Å². The summed E-state index contributed by atoms with van der Waals surface area (Å²) in [5.74, 6) is -0.676. The number of amides is 3. The molecule has 3 amide bonds. The molecule has 0 saturated carbocycles. The van der Waals surface area contributed by atoms with Gasteiger partial charge in [-0.2, -0.15) is 0 Å². The summed E-state index contributed by atoms with van der Waals surface area (Å²) in [6, 6.07) is 18.7. The fourth-order valence-corrected chi connectivity index (χ4v) is 4.76. The lowest BCUT2D eigenvalue weighted by molar-refractivity contribution is -0.113. The lowest BCUT2D eigenvalue weighted by Gasteiger charge is -2.07. The Balaban J connectivity index is 1.35. The molecule has 0 unspecified atom stereocenters. The zero-order valence-electron chi connectivity index (χ0n) is 17.0. The van der Waals surface area contributed by atoms with E-state index in [1.807, 2.05) is 43.3 Å². The maximum atomic E-state index is 13.7. The normalized spacial score (nSPS) is 10.7. The predicted octanol–water partition coefficient (Wildman–Crippen LogP) is 6.12. The van der Waals surface area contributed by atoms with E-state index in [0.717, 1.165) is 15.8 Å². The van der Waals surface area contributed by atoms with Gasteiger partial charge >= 0.3 is 6.03 Å². The van der Waals surface area contributed by atoms with Gasteiger partial charge in [0, 0.05) is 11.4 Å². The van der Waals surface area contributed by atoms with Crippen LogP contribution in [0.15, 0.2) is 71.1 Å². The molecule has 6 nitrogen and oxygen atoms in total. The van der Waals surface area contributed by atoms with Crippen molar-refractivity contribution in [1.82, 2.24) is 4.98 Å². The van der Waals surface area contributed by atoms with Crippen LogP contribution in [0.2, 0.25) is 0 Å². The molecule has 0 fully saturated rings. The van der Waals surface area contributed by atoms with Crippen LogP contribution in [-0.4, -0.2) is 22.7 Å². The maximum absolute atomic E-state index is 13.7. The number of para-hydroxylation sites is 1. The summed E-state index contributed by atoms with van der Waals surface area (Å²) in [5.41, 5.74) is 3.39. The minimum absolute atomic E-state index is 0.109. The number of halogens is 1. The summed E-state index contributed by atoms with van der Waals surface area (Å²) in [7, 11) is 0. The van der Waals surface area contributed by atoms with Crippen LogP contribution in [0.3, 0.4) is 0 Å². The smallest absolute Gasteiger partial charge is 0.323 e. The van der Waals surface area contributed by atoms with Crippen LogP contribution in [0.25, 0.3) is 10.2 Å². The lowest BCUT2D eigenvalue weighted by atomic mass is 10.2. The van der Waals surface area contributed by atoms with Gasteiger partial charge in [-0.3, -0.25) is 4.79 Å². The van der Waals surface area contributed by atoms with Gasteiger partial charge in [-0.15, -0.1) is 11.3 Å². The van der Waals surface area contributed by atoms with Crippen LogP contribution >= 0.6 is 23.1 Å². The van der Waals surface area contributed by atoms with E-state index >= 15 is 0 Å². The number of carbonyl (C=O) groups is 2. The highest BCUT2D eigenvalue weighted by molar-refractivity contribution is 8.01. The Kier molecular flexibility index (Phi) is 6.67. The van der Waals surface area contributed by atoms with E-state index in [2.05, 4.69) is 20.9 Å². The maximum Gasteiger partial charge on any atom is 0.323 e. The Morgan fingerprint density at radius 3 is 2.47 bits per heavy atom. The molecule has 0 spiro atoms. The number of thiazole rings is 1. The van der Waals surface area contributed by atoms with E-state index in [-0.39, 0.29) is 23.4 Å². The van der Waals surface area contributed by atoms with Crippen molar-refractivity contribution in [2.24, 2.45) is 0 Å². The summed E-state index contributed by atoms with van der Waals surface area (Å²) in [6.45, 7) is 1.98. The SMILES string of the molecule is Cc1ccc(NC(=O)Nc2ccc3nc(SCC(=O)Nc4ccccc4F)sc3c2)cc1. The van der Waals surface area contributed by atoms with Crippen LogP contribution in [-0.2, 0) is 4.79 Å². The highest BCUT2D eigenvalue weighted by atomic mass is 32.2. The summed E-state index contributed by atoms with van der Waals surface area (Å²) >= 11 is 2.70. The molecule has 4 aromatic rings. The average molecular weight is 467 g/mol. The van der Waals surface area contributed by atoms with E-state index in [9.17, 15) is 14.0 Å². The second-order valence-electron chi connectivity index (χ2n) is 6.92. The fourth-order valence-electron chi connectivity index (χ4n) is 2.85. The first kappa shape index (κ1) is 21.8. The Hall–Kier alpha value is -3.43. The lowest BCUT2D eigenvalue weighted by Crippen LogP contribution is -2.19. The molecule has 0 bridgehead atoms. The molecule has 32 heavy (non-hydrogen) atoms. The average Bonchev–Trinajstić information content (AvgIpc) is 3.18. The number of thioether (sulfide) groups is 1. The van der Waals surface area contributed by atoms with Crippen LogP contribution in [0.1, 0.15) is 5.56 Å². The number of urea groups is 1. The monoisotopic (exact) mass is 466 g/mol. The molecular weight excluding hydrogens is 447 g/mol. The third-order valence-corrected chi connectivity index (χ3v) is 6.57. The molecule has 9 heteroatoms. The number of anilines is 3. The molecule has 0 saturated heterocycles. The number of carbonyl (C=O) groups excluding carboxylic acids is 2. The van der Waals surface area contributed by atoms with Crippen LogP contribution in [0.4, 0.5) is 26.2 Å². The molecule has 1 heterocycles. The number of benzene rings is 3. The third kappa shape index (κ3) is 5.63. The van der Waals surface area contributed by atoms with Gasteiger partial charge in [-0.25, -0.2) is 14.2 Å². The number of fused-ring (bicyclic) bond motifs is 1. The van der Waals surface area contributed by atoms with E-state index in [4.69, 9.17) is 0 Å². The number of hydrogen-bond acceptors (Lipinski definition) is 5. The van der Waals surface area contributed by atoms with Gasteiger partial charge < -0.3 is 16.0 Å². The van der Waals surface area contributed by atoms with Gasteiger partial charge in [0.15, 0.2) is 4.34 Å². The molecule has 3 N–H and O–H groups in total. The quantitative estimate of drug-likeness (QED) is 0.299. The molecule has 0 aliphatic carbocycles. The Bertz CT molecular complexity index is 1270. The van der Waals surface area contributed by atoms with E-state index in [0.29, 0.717) is 15.7 Å². The second-order valence-corrected chi connectivity index (χ2v) is 9.18. The standard InChI is InChI=1S/C23H19FN4O2S2/c1-14-6-8-15(9-7-14)25-22(30)26-16-10-11-19-20(12-16)32-23(28-19)31-13-21(29)27-18-5-3-2-4-17(18)24/h2-12H,13H2,1H3,(H,27,29)(H2,25,26,30). The van der Waals surface area contributed by atoms with Crippen molar-refractivity contribution in [3.63, 3.8) is 0 Å². The molecule has 4 rings (SSSR count). The van der Waals surface area contributed by atoms with Gasteiger partial charge in [0.1, 0.15) is 5.82 Å². The minimum atomic E-state index is -0.475. The molecule has 162 valence electrons. The Labute approximate surface area is 192 Å². The summed E-state index contributed by atoms with van der Waals surface area (Å²) in [6.07, 6.45) is 0. The van der Waals surface area contributed by atoms with Crippen LogP contribution < -0.4 is 16.0 Å². The number of aromatic nitrogens is 1. The zero-order valence-corrected chi connectivity index (χ0v) is 18.6. The molecule has 0 aliphatic heterocycles. The van der Waals surface area contributed by atoms with Crippen molar-refractivity contribution in [1.29, 1.82) is 0 Å². The highest BCUT2D eigenvalue weighted by Gasteiger charge is 2.11. The predicted molar refractivity (Wildman–Crippen MR) is 129 cm³/mol. The van der Waals surface area contributed by atoms with Gasteiger partial charge in [-0.1, -0.05) is 41.6 Å². The summed E-state index contributed by atoms with van der Waals surface area (Å²) < 4.78 is 15.3. The first-order valence-corrected chi connectivity index (χ1v) is 11.5. The molecule has 3 aromatic carbocycles. The highest BCUT2D eigenvalue weighted by Crippen LogP contribution is 2.31. The van der Waals surface area contributed by atoms with Gasteiger partial charge in [-0.05, 0) is 49.4 Å². The van der Waals surface area contributed by atoms with Crippen LogP contribution in [0.5, 0.6) is 0 Å². The van der Waals surface area contributed by atoms with Gasteiger partial charge in [0.2, 0.25) is 5.91 Å².